The van der Waals surface area contributed by atoms with Crippen molar-refractivity contribution in [2.24, 2.45) is 5.90 Å². The van der Waals surface area contributed by atoms with Gasteiger partial charge in [-0.25, -0.2) is 4.79 Å². The number of ketones is 1. The number of carbonyl (C=O) groups excluding carboxylic acids is 2. The Labute approximate surface area is 145 Å². The summed E-state index contributed by atoms with van der Waals surface area (Å²) in [5.74, 6) is 1.20. The van der Waals surface area contributed by atoms with E-state index in [9.17, 15) is 19.5 Å². The summed E-state index contributed by atoms with van der Waals surface area (Å²) in [6, 6.07) is 16.0. The second-order valence-corrected chi connectivity index (χ2v) is 5.60. The predicted molar refractivity (Wildman–Crippen MR) is 90.6 cm³/mol. The average Bonchev–Trinajstić information content (AvgIpc) is 2.63. The summed E-state index contributed by atoms with van der Waals surface area (Å²) in [4.78, 5) is 40.4. The Bertz CT molecular complexity index is 752. The maximum Gasteiger partial charge on any atom is 0.354 e. The molecular formula is C19H19NO5. The predicted octanol–water partition coefficient (Wildman–Crippen LogP) is 2.00. The van der Waals surface area contributed by atoms with Gasteiger partial charge in [-0.05, 0) is 23.1 Å². The number of aliphatic carboxylic acids is 1. The van der Waals surface area contributed by atoms with Gasteiger partial charge in [-0.1, -0.05) is 61.5 Å². The second-order valence-electron chi connectivity index (χ2n) is 5.60. The van der Waals surface area contributed by atoms with E-state index in [-0.39, 0.29) is 12.0 Å². The van der Waals surface area contributed by atoms with Gasteiger partial charge in [0.15, 0.2) is 5.78 Å². The standard InChI is InChI=1S/C19H19NO5/c1-2-16(21)19(17(22)23,18(24)25-20)15-10-8-14(9-11-15)12-13-6-4-3-5-7-13/h3-11H,2,12,20H2,1H3,(H,22,23). The largest absolute Gasteiger partial charge is 0.480 e. The number of carboxylic acid groups (broad SMARTS) is 1. The van der Waals surface area contributed by atoms with Crippen LogP contribution in [-0.4, -0.2) is 22.8 Å². The van der Waals surface area contributed by atoms with Crippen LogP contribution < -0.4 is 5.90 Å². The molecule has 1 atom stereocenters. The highest BCUT2D eigenvalue weighted by atomic mass is 16.7. The molecule has 3 N–H and O–H groups in total. The molecule has 0 heterocycles. The number of rotatable bonds is 7. The zero-order valence-corrected chi connectivity index (χ0v) is 13.8. The molecule has 0 radical (unpaired) electrons. The molecule has 0 aromatic heterocycles. The number of hydrogen-bond donors (Lipinski definition) is 2. The van der Waals surface area contributed by atoms with E-state index in [0.29, 0.717) is 6.42 Å². The zero-order chi connectivity index (χ0) is 18.4. The van der Waals surface area contributed by atoms with E-state index in [4.69, 9.17) is 5.90 Å². The molecule has 0 saturated heterocycles. The first-order chi connectivity index (χ1) is 12.0. The van der Waals surface area contributed by atoms with Crippen molar-refractivity contribution in [3.63, 3.8) is 0 Å². The van der Waals surface area contributed by atoms with Gasteiger partial charge in [0.05, 0.1) is 0 Å². The Kier molecular flexibility index (Phi) is 5.67. The number of nitrogens with two attached hydrogens (primary N) is 1. The molecule has 1 unspecified atom stereocenters. The van der Waals surface area contributed by atoms with Crippen LogP contribution in [0.5, 0.6) is 0 Å². The molecule has 2 rings (SSSR count). The fraction of sp³-hybridized carbons (Fsp3) is 0.211. The molecule has 130 valence electrons. The first kappa shape index (κ1) is 18.4. The molecule has 0 spiro atoms. The molecule has 0 aliphatic carbocycles. The third kappa shape index (κ3) is 3.44. The number of carbonyl (C=O) groups is 3. The number of carboxylic acids is 1. The van der Waals surface area contributed by atoms with Gasteiger partial charge < -0.3 is 9.94 Å². The van der Waals surface area contributed by atoms with Crippen LogP contribution in [0.4, 0.5) is 0 Å². The minimum absolute atomic E-state index is 0.0270. The normalized spacial score (nSPS) is 12.9. The first-order valence-electron chi connectivity index (χ1n) is 7.78. The number of benzene rings is 2. The van der Waals surface area contributed by atoms with Gasteiger partial charge in [0.25, 0.3) is 0 Å². The van der Waals surface area contributed by atoms with Crippen molar-refractivity contribution in [2.45, 2.75) is 25.2 Å². The lowest BCUT2D eigenvalue weighted by molar-refractivity contribution is -0.165. The number of Topliss-reactive ketones (excluding diaryl/α,β-unsaturated/α-hetero) is 1. The van der Waals surface area contributed by atoms with Crippen LogP contribution in [0.3, 0.4) is 0 Å². The molecule has 2 aromatic rings. The Morgan fingerprint density at radius 1 is 1.00 bits per heavy atom. The third-order valence-electron chi connectivity index (χ3n) is 4.11. The molecular weight excluding hydrogens is 322 g/mol. The van der Waals surface area contributed by atoms with Crippen molar-refractivity contribution >= 4 is 17.7 Å². The van der Waals surface area contributed by atoms with E-state index >= 15 is 0 Å². The fourth-order valence-corrected chi connectivity index (χ4v) is 2.78. The van der Waals surface area contributed by atoms with Gasteiger partial charge in [0, 0.05) is 6.42 Å². The van der Waals surface area contributed by atoms with Gasteiger partial charge >= 0.3 is 11.9 Å². The van der Waals surface area contributed by atoms with Gasteiger partial charge in [-0.3, -0.25) is 9.59 Å². The molecule has 2 aromatic carbocycles. The monoisotopic (exact) mass is 341 g/mol. The summed E-state index contributed by atoms with van der Waals surface area (Å²) in [6.07, 6.45) is 0.497. The topological polar surface area (TPSA) is 107 Å². The minimum atomic E-state index is -2.45. The first-order valence-corrected chi connectivity index (χ1v) is 7.78. The second kappa shape index (κ2) is 7.72. The van der Waals surface area contributed by atoms with Crippen molar-refractivity contribution in [2.75, 3.05) is 0 Å². The minimum Gasteiger partial charge on any atom is -0.480 e. The van der Waals surface area contributed by atoms with Crippen molar-refractivity contribution in [3.8, 4) is 0 Å². The van der Waals surface area contributed by atoms with E-state index in [0.717, 1.165) is 11.1 Å². The van der Waals surface area contributed by atoms with Crippen LogP contribution in [-0.2, 0) is 31.1 Å². The quantitative estimate of drug-likeness (QED) is 0.589. The maximum atomic E-state index is 12.3. The summed E-state index contributed by atoms with van der Waals surface area (Å²) in [7, 11) is 0. The fourth-order valence-electron chi connectivity index (χ4n) is 2.78. The van der Waals surface area contributed by atoms with Gasteiger partial charge in [-0.2, -0.15) is 5.90 Å². The third-order valence-corrected chi connectivity index (χ3v) is 4.11. The Balaban J connectivity index is 2.43. The highest BCUT2D eigenvalue weighted by molar-refractivity contribution is 6.25. The molecule has 0 aliphatic rings. The highest BCUT2D eigenvalue weighted by Gasteiger charge is 2.55. The lowest BCUT2D eigenvalue weighted by Crippen LogP contribution is -2.52. The zero-order valence-electron chi connectivity index (χ0n) is 13.8. The van der Waals surface area contributed by atoms with Crippen molar-refractivity contribution in [1.82, 2.24) is 0 Å². The summed E-state index contributed by atoms with van der Waals surface area (Å²) in [5, 5.41) is 9.61. The number of hydrogen-bond acceptors (Lipinski definition) is 5. The Hall–Kier alpha value is -2.99. The molecule has 0 fully saturated rings. The molecule has 0 aliphatic heterocycles. The summed E-state index contributed by atoms with van der Waals surface area (Å²) in [5.41, 5.74) is -0.418. The maximum absolute atomic E-state index is 12.3. The lowest BCUT2D eigenvalue weighted by atomic mass is 9.75. The van der Waals surface area contributed by atoms with E-state index in [1.165, 1.54) is 19.1 Å². The van der Waals surface area contributed by atoms with Crippen LogP contribution >= 0.6 is 0 Å². The molecule has 6 heteroatoms. The van der Waals surface area contributed by atoms with E-state index < -0.39 is 23.1 Å². The van der Waals surface area contributed by atoms with Gasteiger partial charge in [0.1, 0.15) is 0 Å². The molecule has 0 amide bonds. The molecule has 25 heavy (non-hydrogen) atoms. The van der Waals surface area contributed by atoms with Crippen molar-refractivity contribution in [1.29, 1.82) is 0 Å². The Morgan fingerprint density at radius 2 is 1.56 bits per heavy atom. The van der Waals surface area contributed by atoms with E-state index in [1.807, 2.05) is 30.3 Å². The molecule has 0 bridgehead atoms. The summed E-state index contributed by atoms with van der Waals surface area (Å²) >= 11 is 0. The van der Waals surface area contributed by atoms with Crippen LogP contribution in [0, 0.1) is 0 Å². The van der Waals surface area contributed by atoms with Crippen LogP contribution in [0.1, 0.15) is 30.0 Å². The summed E-state index contributed by atoms with van der Waals surface area (Å²) < 4.78 is 0. The lowest BCUT2D eigenvalue weighted by Gasteiger charge is -2.25. The van der Waals surface area contributed by atoms with Crippen molar-refractivity contribution < 1.29 is 24.3 Å². The summed E-state index contributed by atoms with van der Waals surface area (Å²) in [6.45, 7) is 1.48. The molecule has 0 saturated carbocycles. The average molecular weight is 341 g/mol. The smallest absolute Gasteiger partial charge is 0.354 e. The van der Waals surface area contributed by atoms with Gasteiger partial charge in [-0.15, -0.1) is 0 Å². The molecule has 6 nitrogen and oxygen atoms in total. The van der Waals surface area contributed by atoms with Crippen LogP contribution in [0.25, 0.3) is 0 Å². The SMILES string of the molecule is CCC(=O)C(C(=O)O)(C(=O)ON)c1ccc(Cc2ccccc2)cc1. The highest BCUT2D eigenvalue weighted by Crippen LogP contribution is 2.29. The van der Waals surface area contributed by atoms with E-state index in [2.05, 4.69) is 4.84 Å². The van der Waals surface area contributed by atoms with Crippen LogP contribution in [0.2, 0.25) is 0 Å². The Morgan fingerprint density at radius 3 is 2.04 bits per heavy atom. The van der Waals surface area contributed by atoms with E-state index in [1.54, 1.807) is 12.1 Å². The van der Waals surface area contributed by atoms with Crippen molar-refractivity contribution in [3.05, 3.63) is 71.3 Å². The van der Waals surface area contributed by atoms with Gasteiger partial charge in [0.2, 0.25) is 5.41 Å². The van der Waals surface area contributed by atoms with Crippen LogP contribution in [0.15, 0.2) is 54.6 Å².